The van der Waals surface area contributed by atoms with E-state index in [2.05, 4.69) is 19.9 Å². The number of pyridine rings is 1. The Labute approximate surface area is 291 Å². The highest BCUT2D eigenvalue weighted by Crippen LogP contribution is 2.39. The molecule has 0 unspecified atom stereocenters. The predicted octanol–water partition coefficient (Wildman–Crippen LogP) is 7.04. The lowest BCUT2D eigenvalue weighted by Gasteiger charge is -2.42. The van der Waals surface area contributed by atoms with Gasteiger partial charge >= 0.3 is 6.18 Å². The number of ether oxygens (including phenoxy) is 3. The van der Waals surface area contributed by atoms with Crippen LogP contribution in [-0.4, -0.2) is 67.7 Å². The lowest BCUT2D eigenvalue weighted by atomic mass is 9.78. The first-order valence-corrected chi connectivity index (χ1v) is 17.9. The maximum absolute atomic E-state index is 14.3. The van der Waals surface area contributed by atoms with Crippen LogP contribution in [0.3, 0.4) is 0 Å². The summed E-state index contributed by atoms with van der Waals surface area (Å²) in [4.78, 5) is 15.0. The van der Waals surface area contributed by atoms with Crippen LogP contribution in [0.15, 0.2) is 78.1 Å². The number of methoxy groups -OCH3 is 2. The Kier molecular flexibility index (Phi) is 11.5. The van der Waals surface area contributed by atoms with E-state index in [4.69, 9.17) is 14.2 Å². The highest BCUT2D eigenvalue weighted by atomic mass is 32.2. The molecule has 0 saturated heterocycles. The SMILES string of the molecule is CCN(CC)[C@H]1C[C@@H](c2cccc(C(F)(F)F)c2)CC[C@@H]1Oc1ccc(S(=O)(=O)N(Cc2ccc(OC)cc2OC)c2ccncn2)c(C)n1. The normalized spacial score (nSPS) is 18.1. The molecule has 3 atom stereocenters. The topological polar surface area (TPSA) is 107 Å². The van der Waals surface area contributed by atoms with Crippen molar-refractivity contribution in [1.82, 2.24) is 19.9 Å². The van der Waals surface area contributed by atoms with Crippen molar-refractivity contribution >= 4 is 15.8 Å². The Morgan fingerprint density at radius 3 is 2.38 bits per heavy atom. The van der Waals surface area contributed by atoms with Gasteiger partial charge in [0.05, 0.1) is 32.0 Å². The third kappa shape index (κ3) is 8.13. The van der Waals surface area contributed by atoms with Crippen LogP contribution in [-0.2, 0) is 22.7 Å². The summed E-state index contributed by atoms with van der Waals surface area (Å²) in [5.74, 6) is 1.37. The minimum absolute atomic E-state index is 0.0236. The fourth-order valence-corrected chi connectivity index (χ4v) is 8.16. The smallest absolute Gasteiger partial charge is 0.416 e. The van der Waals surface area contributed by atoms with E-state index in [0.29, 0.717) is 41.9 Å². The first-order chi connectivity index (χ1) is 23.9. The number of sulfonamides is 1. The number of hydrogen-bond donors (Lipinski definition) is 0. The average Bonchev–Trinajstić information content (AvgIpc) is 3.11. The zero-order valence-electron chi connectivity index (χ0n) is 28.7. The molecule has 268 valence electrons. The second kappa shape index (κ2) is 15.6. The van der Waals surface area contributed by atoms with Gasteiger partial charge in [0, 0.05) is 36.0 Å². The Morgan fingerprint density at radius 2 is 1.74 bits per heavy atom. The van der Waals surface area contributed by atoms with E-state index in [-0.39, 0.29) is 46.9 Å². The number of rotatable bonds is 13. The van der Waals surface area contributed by atoms with Crippen LogP contribution in [0.1, 0.15) is 61.4 Å². The maximum atomic E-state index is 14.3. The van der Waals surface area contributed by atoms with E-state index in [1.54, 1.807) is 37.3 Å². The van der Waals surface area contributed by atoms with Gasteiger partial charge in [-0.1, -0.05) is 32.0 Å². The molecular formula is C36H42F3N5O5S. The third-order valence-electron chi connectivity index (χ3n) is 9.20. The molecule has 0 aliphatic heterocycles. The highest BCUT2D eigenvalue weighted by molar-refractivity contribution is 7.92. The molecule has 0 amide bonds. The number of anilines is 1. The van der Waals surface area contributed by atoms with Crippen molar-refractivity contribution in [3.8, 4) is 17.4 Å². The summed E-state index contributed by atoms with van der Waals surface area (Å²) in [5.41, 5.74) is 0.841. The molecule has 2 aromatic heterocycles. The quantitative estimate of drug-likeness (QED) is 0.144. The summed E-state index contributed by atoms with van der Waals surface area (Å²) in [6, 6.07) is 15.2. The van der Waals surface area contributed by atoms with Gasteiger partial charge < -0.3 is 14.2 Å². The predicted molar refractivity (Wildman–Crippen MR) is 183 cm³/mol. The van der Waals surface area contributed by atoms with Crippen molar-refractivity contribution in [3.63, 3.8) is 0 Å². The summed E-state index contributed by atoms with van der Waals surface area (Å²) < 4.78 is 87.5. The minimum atomic E-state index is -4.41. The second-order valence-electron chi connectivity index (χ2n) is 12.1. The number of benzene rings is 2. The lowest BCUT2D eigenvalue weighted by Crippen LogP contribution is -2.49. The Hall–Kier alpha value is -4.43. The molecule has 1 saturated carbocycles. The number of nitrogens with zero attached hydrogens (tertiary/aromatic N) is 5. The zero-order chi connectivity index (χ0) is 36.1. The fraction of sp³-hybridized carbons (Fsp3) is 0.417. The summed E-state index contributed by atoms with van der Waals surface area (Å²) >= 11 is 0. The van der Waals surface area contributed by atoms with Gasteiger partial charge in [-0.05, 0) is 75.0 Å². The fourth-order valence-electron chi connectivity index (χ4n) is 6.60. The molecule has 2 aromatic carbocycles. The molecule has 2 heterocycles. The molecule has 1 aliphatic rings. The summed E-state index contributed by atoms with van der Waals surface area (Å²) in [5, 5.41) is 0. The molecule has 0 radical (unpaired) electrons. The molecule has 10 nitrogen and oxygen atoms in total. The lowest BCUT2D eigenvalue weighted by molar-refractivity contribution is -0.137. The molecule has 1 fully saturated rings. The number of halogens is 3. The van der Waals surface area contributed by atoms with E-state index in [9.17, 15) is 21.6 Å². The maximum Gasteiger partial charge on any atom is 0.416 e. The average molecular weight is 714 g/mol. The van der Waals surface area contributed by atoms with Crippen molar-refractivity contribution in [3.05, 3.63) is 95.6 Å². The van der Waals surface area contributed by atoms with Gasteiger partial charge in [-0.25, -0.2) is 27.7 Å². The molecule has 50 heavy (non-hydrogen) atoms. The van der Waals surface area contributed by atoms with Crippen LogP contribution >= 0.6 is 0 Å². The molecule has 0 bridgehead atoms. The molecule has 1 aliphatic carbocycles. The van der Waals surface area contributed by atoms with Crippen LogP contribution < -0.4 is 18.5 Å². The zero-order valence-corrected chi connectivity index (χ0v) is 29.5. The Morgan fingerprint density at radius 1 is 0.960 bits per heavy atom. The largest absolute Gasteiger partial charge is 0.497 e. The van der Waals surface area contributed by atoms with Crippen molar-refractivity contribution in [2.45, 2.75) is 75.7 Å². The first-order valence-electron chi connectivity index (χ1n) is 16.4. The summed E-state index contributed by atoms with van der Waals surface area (Å²) in [6.45, 7) is 7.07. The van der Waals surface area contributed by atoms with E-state index in [1.165, 1.54) is 55.3 Å². The molecular weight excluding hydrogens is 671 g/mol. The van der Waals surface area contributed by atoms with Crippen LogP contribution in [0, 0.1) is 6.92 Å². The number of aromatic nitrogens is 3. The minimum Gasteiger partial charge on any atom is -0.497 e. The summed E-state index contributed by atoms with van der Waals surface area (Å²) in [6.07, 6.45) is -0.128. The Balaban J connectivity index is 1.41. The van der Waals surface area contributed by atoms with Gasteiger partial charge in [-0.15, -0.1) is 0 Å². The van der Waals surface area contributed by atoms with E-state index in [0.717, 1.165) is 19.2 Å². The van der Waals surface area contributed by atoms with Crippen molar-refractivity contribution < 1.29 is 35.8 Å². The highest BCUT2D eigenvalue weighted by Gasteiger charge is 2.38. The van der Waals surface area contributed by atoms with Crippen molar-refractivity contribution in [1.29, 1.82) is 0 Å². The van der Waals surface area contributed by atoms with E-state index >= 15 is 0 Å². The molecule has 0 N–H and O–H groups in total. The van der Waals surface area contributed by atoms with E-state index < -0.39 is 21.8 Å². The van der Waals surface area contributed by atoms with Crippen LogP contribution in [0.4, 0.5) is 19.0 Å². The van der Waals surface area contributed by atoms with Gasteiger partial charge in [0.2, 0.25) is 5.88 Å². The second-order valence-corrected chi connectivity index (χ2v) is 13.9. The van der Waals surface area contributed by atoms with E-state index in [1.807, 2.05) is 13.8 Å². The summed E-state index contributed by atoms with van der Waals surface area (Å²) in [7, 11) is -1.18. The van der Waals surface area contributed by atoms with Gasteiger partial charge in [0.25, 0.3) is 10.0 Å². The molecule has 0 spiro atoms. The number of aryl methyl sites for hydroxylation is 1. The number of alkyl halides is 3. The first kappa shape index (κ1) is 36.8. The number of likely N-dealkylation sites (N-methyl/N-ethyl adjacent to an activating group) is 1. The monoisotopic (exact) mass is 713 g/mol. The molecule has 14 heteroatoms. The van der Waals surface area contributed by atoms with Crippen LogP contribution in [0.25, 0.3) is 0 Å². The standard InChI is InChI=1S/C36H42F3N5O5S/c1-6-43(7-2)30-20-26(25-9-8-10-28(19-25)36(37,38)39)12-14-31(30)49-35-16-15-33(24(3)42-35)50(45,46)44(34-17-18-40-23-41-34)22-27-11-13-29(47-4)21-32(27)48-5/h8-11,13,15-19,21,23,26,30-31H,6-7,12,14,20,22H2,1-5H3/t26-,30-,31-/m0/s1. The van der Waals surface area contributed by atoms with Gasteiger partial charge in [-0.3, -0.25) is 4.90 Å². The van der Waals surface area contributed by atoms with Crippen molar-refractivity contribution in [2.24, 2.45) is 0 Å². The van der Waals surface area contributed by atoms with Gasteiger partial charge in [-0.2, -0.15) is 13.2 Å². The Bertz CT molecular complexity index is 1860. The van der Waals surface area contributed by atoms with Crippen LogP contribution in [0.2, 0.25) is 0 Å². The van der Waals surface area contributed by atoms with Crippen molar-refractivity contribution in [2.75, 3.05) is 31.6 Å². The molecule has 5 rings (SSSR count). The van der Waals surface area contributed by atoms with Crippen LogP contribution in [0.5, 0.6) is 17.4 Å². The molecule has 4 aromatic rings. The van der Waals surface area contributed by atoms with Gasteiger partial charge in [0.1, 0.15) is 34.6 Å². The number of hydrogen-bond acceptors (Lipinski definition) is 9. The van der Waals surface area contributed by atoms with Gasteiger partial charge in [0.15, 0.2) is 0 Å². The third-order valence-corrected chi connectivity index (χ3v) is 11.1.